The molecule has 3 rings (SSSR count). The Morgan fingerprint density at radius 1 is 1.09 bits per heavy atom. The Balaban J connectivity index is 1.97. The van der Waals surface area contributed by atoms with Crippen molar-refractivity contribution in [3.05, 3.63) is 77.5 Å². The SMILES string of the molecule is C=CC(=O)Nc1ccc(C(F)(F)F)c(Nc2ncc(Cl)c(Nc3ccccc3C(=O)NC)n2)c1. The molecule has 0 aliphatic carbocycles. The van der Waals surface area contributed by atoms with Gasteiger partial charge in [0.25, 0.3) is 5.91 Å². The van der Waals surface area contributed by atoms with Crippen LogP contribution in [0.4, 0.5) is 42.0 Å². The molecule has 4 N–H and O–H groups in total. The third-order valence-electron chi connectivity index (χ3n) is 4.42. The fourth-order valence-electron chi connectivity index (χ4n) is 2.85. The molecule has 0 spiro atoms. The first-order valence-electron chi connectivity index (χ1n) is 9.64. The third kappa shape index (κ3) is 5.81. The number of halogens is 4. The normalized spacial score (nSPS) is 10.9. The van der Waals surface area contributed by atoms with Gasteiger partial charge in [-0.15, -0.1) is 0 Å². The molecule has 12 heteroatoms. The second kappa shape index (κ2) is 10.2. The van der Waals surface area contributed by atoms with Crippen molar-refractivity contribution in [1.82, 2.24) is 15.3 Å². The molecule has 0 radical (unpaired) electrons. The van der Waals surface area contributed by atoms with Crippen molar-refractivity contribution in [1.29, 1.82) is 0 Å². The van der Waals surface area contributed by atoms with Crippen LogP contribution >= 0.6 is 11.6 Å². The van der Waals surface area contributed by atoms with Crippen LogP contribution in [0.5, 0.6) is 0 Å². The summed E-state index contributed by atoms with van der Waals surface area (Å²) >= 11 is 6.16. The lowest BCUT2D eigenvalue weighted by atomic mass is 10.1. The minimum absolute atomic E-state index is 0.0557. The molecular weight excluding hydrogens is 473 g/mol. The van der Waals surface area contributed by atoms with E-state index in [1.807, 2.05) is 0 Å². The number of amides is 2. The van der Waals surface area contributed by atoms with Gasteiger partial charge in [-0.05, 0) is 36.4 Å². The fourth-order valence-corrected chi connectivity index (χ4v) is 2.99. The second-order valence-corrected chi connectivity index (χ2v) is 7.12. The number of carbonyl (C=O) groups excluding carboxylic acids is 2. The maximum atomic E-state index is 13.5. The van der Waals surface area contributed by atoms with Crippen LogP contribution in [-0.4, -0.2) is 28.8 Å². The number of carbonyl (C=O) groups is 2. The van der Waals surface area contributed by atoms with Crippen LogP contribution < -0.4 is 21.3 Å². The van der Waals surface area contributed by atoms with Crippen molar-refractivity contribution in [3.63, 3.8) is 0 Å². The topological polar surface area (TPSA) is 108 Å². The van der Waals surface area contributed by atoms with Crippen molar-refractivity contribution in [2.75, 3.05) is 23.0 Å². The molecule has 0 aliphatic heterocycles. The molecular formula is C22H18ClF3N6O2. The number of hydrogen-bond donors (Lipinski definition) is 4. The molecule has 0 saturated heterocycles. The maximum Gasteiger partial charge on any atom is 0.418 e. The summed E-state index contributed by atoms with van der Waals surface area (Å²) in [5, 5.41) is 10.4. The Hall–Kier alpha value is -4.12. The zero-order valence-electron chi connectivity index (χ0n) is 17.6. The molecule has 0 saturated carbocycles. The first-order valence-corrected chi connectivity index (χ1v) is 10.0. The summed E-state index contributed by atoms with van der Waals surface area (Å²) in [6.45, 7) is 3.31. The Bertz CT molecular complexity index is 1250. The molecule has 0 fully saturated rings. The van der Waals surface area contributed by atoms with E-state index in [2.05, 4.69) is 37.8 Å². The number of benzene rings is 2. The minimum atomic E-state index is -4.69. The number of para-hydroxylation sites is 1. The minimum Gasteiger partial charge on any atom is -0.355 e. The van der Waals surface area contributed by atoms with E-state index in [0.717, 1.165) is 24.3 Å². The van der Waals surface area contributed by atoms with Crippen molar-refractivity contribution in [2.24, 2.45) is 0 Å². The molecule has 0 bridgehead atoms. The van der Waals surface area contributed by atoms with Crippen molar-refractivity contribution >= 4 is 52.2 Å². The Kier molecular flexibility index (Phi) is 7.37. The molecule has 8 nitrogen and oxygen atoms in total. The number of aromatic nitrogens is 2. The summed E-state index contributed by atoms with van der Waals surface area (Å²) in [6, 6.07) is 9.56. The average molecular weight is 491 g/mol. The quantitative estimate of drug-likeness (QED) is 0.342. The number of alkyl halides is 3. The first-order chi connectivity index (χ1) is 16.1. The first kappa shape index (κ1) is 24.5. The predicted molar refractivity (Wildman–Crippen MR) is 124 cm³/mol. The van der Waals surface area contributed by atoms with Gasteiger partial charge < -0.3 is 21.3 Å². The van der Waals surface area contributed by atoms with Crippen molar-refractivity contribution in [3.8, 4) is 0 Å². The zero-order valence-corrected chi connectivity index (χ0v) is 18.4. The molecule has 2 amide bonds. The molecule has 1 aromatic heterocycles. The van der Waals surface area contributed by atoms with E-state index in [4.69, 9.17) is 11.6 Å². The van der Waals surface area contributed by atoms with Crippen LogP contribution in [0.15, 0.2) is 61.3 Å². The summed E-state index contributed by atoms with van der Waals surface area (Å²) in [6.07, 6.45) is -2.51. The highest BCUT2D eigenvalue weighted by Gasteiger charge is 2.34. The lowest BCUT2D eigenvalue weighted by Gasteiger charge is -2.16. The summed E-state index contributed by atoms with van der Waals surface area (Å²) in [5.41, 5.74) is -0.611. The zero-order chi connectivity index (χ0) is 24.9. The van der Waals surface area contributed by atoms with Crippen LogP contribution in [-0.2, 0) is 11.0 Å². The highest BCUT2D eigenvalue weighted by atomic mass is 35.5. The average Bonchev–Trinajstić information content (AvgIpc) is 2.80. The van der Waals surface area contributed by atoms with Gasteiger partial charge in [-0.25, -0.2) is 4.98 Å². The summed E-state index contributed by atoms with van der Waals surface area (Å²) in [4.78, 5) is 31.7. The van der Waals surface area contributed by atoms with E-state index >= 15 is 0 Å². The highest BCUT2D eigenvalue weighted by Crippen LogP contribution is 2.37. The molecule has 34 heavy (non-hydrogen) atoms. The van der Waals surface area contributed by atoms with Gasteiger partial charge in [0.15, 0.2) is 5.82 Å². The Morgan fingerprint density at radius 3 is 2.50 bits per heavy atom. The van der Waals surface area contributed by atoms with E-state index in [0.29, 0.717) is 11.3 Å². The van der Waals surface area contributed by atoms with Gasteiger partial charge in [-0.2, -0.15) is 18.2 Å². The van der Waals surface area contributed by atoms with Crippen LogP contribution in [0.2, 0.25) is 5.02 Å². The highest BCUT2D eigenvalue weighted by molar-refractivity contribution is 6.33. The lowest BCUT2D eigenvalue weighted by molar-refractivity contribution is -0.136. The van der Waals surface area contributed by atoms with Gasteiger partial charge in [0.2, 0.25) is 11.9 Å². The summed E-state index contributed by atoms with van der Waals surface area (Å²) in [5.74, 6) is -1.10. The summed E-state index contributed by atoms with van der Waals surface area (Å²) < 4.78 is 40.6. The van der Waals surface area contributed by atoms with Crippen LogP contribution in [0, 0.1) is 0 Å². The number of rotatable bonds is 7. The summed E-state index contributed by atoms with van der Waals surface area (Å²) in [7, 11) is 1.47. The molecule has 3 aromatic rings. The molecule has 1 heterocycles. The van der Waals surface area contributed by atoms with E-state index in [1.54, 1.807) is 24.3 Å². The Morgan fingerprint density at radius 2 is 1.82 bits per heavy atom. The van der Waals surface area contributed by atoms with Gasteiger partial charge in [0, 0.05) is 12.7 Å². The van der Waals surface area contributed by atoms with E-state index in [9.17, 15) is 22.8 Å². The molecule has 0 atom stereocenters. The molecule has 0 aliphatic rings. The second-order valence-electron chi connectivity index (χ2n) is 6.72. The standard InChI is InChI=1S/C22H18ClF3N6O2/c1-3-18(33)29-12-8-9-14(22(24,25)26)17(10-12)31-21-28-11-15(23)19(32-21)30-16-7-5-4-6-13(16)20(34)27-2/h3-11H,1H2,2H3,(H,27,34)(H,29,33)(H2,28,30,31,32). The largest absolute Gasteiger partial charge is 0.418 e. The number of nitrogens with one attached hydrogen (secondary N) is 4. The van der Waals surface area contributed by atoms with Gasteiger partial charge in [0.1, 0.15) is 5.02 Å². The van der Waals surface area contributed by atoms with Gasteiger partial charge in [-0.3, -0.25) is 9.59 Å². The third-order valence-corrected chi connectivity index (χ3v) is 4.70. The van der Waals surface area contributed by atoms with E-state index in [1.165, 1.54) is 13.2 Å². The molecule has 2 aromatic carbocycles. The van der Waals surface area contributed by atoms with Crippen molar-refractivity contribution < 1.29 is 22.8 Å². The van der Waals surface area contributed by atoms with Gasteiger partial charge in [0.05, 0.1) is 28.7 Å². The van der Waals surface area contributed by atoms with Crippen LogP contribution in [0.3, 0.4) is 0 Å². The number of nitrogens with zero attached hydrogens (tertiary/aromatic N) is 2. The Labute approximate surface area is 197 Å². The van der Waals surface area contributed by atoms with Crippen LogP contribution in [0.1, 0.15) is 15.9 Å². The van der Waals surface area contributed by atoms with Crippen molar-refractivity contribution in [2.45, 2.75) is 6.18 Å². The smallest absolute Gasteiger partial charge is 0.355 e. The van der Waals surface area contributed by atoms with Gasteiger partial charge in [-0.1, -0.05) is 30.3 Å². The number of anilines is 5. The lowest BCUT2D eigenvalue weighted by Crippen LogP contribution is -2.19. The fraction of sp³-hybridized carbons (Fsp3) is 0.0909. The monoisotopic (exact) mass is 490 g/mol. The van der Waals surface area contributed by atoms with Crippen LogP contribution in [0.25, 0.3) is 0 Å². The van der Waals surface area contributed by atoms with E-state index in [-0.39, 0.29) is 28.4 Å². The van der Waals surface area contributed by atoms with Gasteiger partial charge >= 0.3 is 6.18 Å². The van der Waals surface area contributed by atoms with E-state index < -0.39 is 23.3 Å². The molecule has 176 valence electrons. The maximum absolute atomic E-state index is 13.5. The molecule has 0 unspecified atom stereocenters. The number of hydrogen-bond acceptors (Lipinski definition) is 6. The predicted octanol–water partition coefficient (Wildman–Crippen LogP) is 5.12.